The molecule has 0 aromatic heterocycles. The zero-order valence-electron chi connectivity index (χ0n) is 25.2. The third-order valence-electron chi connectivity index (χ3n) is 6.74. The summed E-state index contributed by atoms with van der Waals surface area (Å²) >= 11 is 0. The molecule has 2 atom stereocenters. The Bertz CT molecular complexity index is 803. The maximum absolute atomic E-state index is 12.3. The Morgan fingerprint density at radius 1 is 0.897 bits per heavy atom. The topological polar surface area (TPSA) is 85.3 Å². The molecular weight excluding hydrogens is 513 g/mol. The number of ether oxygens (including phenoxy) is 1. The Morgan fingerprint density at radius 2 is 1.51 bits per heavy atom. The first kappa shape index (κ1) is 35.8. The lowest BCUT2D eigenvalue weighted by molar-refractivity contribution is -0.118. The van der Waals surface area contributed by atoms with Gasteiger partial charge in [0.15, 0.2) is 0 Å². The van der Waals surface area contributed by atoms with E-state index in [1.54, 1.807) is 0 Å². The molecule has 39 heavy (non-hydrogen) atoms. The van der Waals surface area contributed by atoms with Crippen LogP contribution in [-0.2, 0) is 24.8 Å². The van der Waals surface area contributed by atoms with Crippen molar-refractivity contribution in [1.29, 1.82) is 0 Å². The number of hydrogen-bond donors (Lipinski definition) is 1. The minimum atomic E-state index is -4.15. The van der Waals surface area contributed by atoms with Crippen molar-refractivity contribution in [2.75, 3.05) is 40.5 Å². The Balaban J connectivity index is 2.34. The number of Topliss-reactive ketones (excluding diaryl/α,β-unsaturated/α-hetero) is 1. The maximum atomic E-state index is 12.3. The summed E-state index contributed by atoms with van der Waals surface area (Å²) in [5.41, 5.74) is 1.01. The Morgan fingerprint density at radius 3 is 2.13 bits per heavy atom. The van der Waals surface area contributed by atoms with Gasteiger partial charge in [0.1, 0.15) is 11.5 Å². The second-order valence-electron chi connectivity index (χ2n) is 11.1. The number of phosphoric acid groups is 1. The number of hydrogen-bond acceptors (Lipinski definition) is 6. The maximum Gasteiger partial charge on any atom is 0.472 e. The van der Waals surface area contributed by atoms with Crippen LogP contribution in [0.15, 0.2) is 24.3 Å². The molecule has 1 N–H and O–H groups in total. The lowest BCUT2D eigenvalue weighted by atomic mass is 9.95. The van der Waals surface area contributed by atoms with Crippen molar-refractivity contribution < 1.29 is 28.0 Å². The quantitative estimate of drug-likeness (QED) is 0.0894. The van der Waals surface area contributed by atoms with Gasteiger partial charge in [0.05, 0.1) is 19.8 Å². The van der Waals surface area contributed by atoms with Crippen LogP contribution in [0.1, 0.15) is 109 Å². The van der Waals surface area contributed by atoms with Gasteiger partial charge in [-0.1, -0.05) is 83.3 Å². The van der Waals surface area contributed by atoms with E-state index in [1.807, 2.05) is 38.4 Å². The van der Waals surface area contributed by atoms with Crippen molar-refractivity contribution in [3.8, 4) is 5.75 Å². The lowest BCUT2D eigenvalue weighted by Crippen LogP contribution is -2.16. The van der Waals surface area contributed by atoms with E-state index < -0.39 is 7.82 Å². The number of carbonyl (C=O) groups excluding carboxylic acids is 1. The van der Waals surface area contributed by atoms with E-state index in [1.165, 1.54) is 71.1 Å². The van der Waals surface area contributed by atoms with Crippen molar-refractivity contribution in [2.45, 2.75) is 110 Å². The van der Waals surface area contributed by atoms with Crippen LogP contribution in [0.4, 0.5) is 0 Å². The van der Waals surface area contributed by atoms with E-state index in [0.717, 1.165) is 30.7 Å². The van der Waals surface area contributed by atoms with E-state index in [0.29, 0.717) is 19.4 Å². The van der Waals surface area contributed by atoms with Gasteiger partial charge in [-0.05, 0) is 76.9 Å². The number of unbranched alkanes of at least 4 members (excludes halogenated alkanes) is 11. The van der Waals surface area contributed by atoms with Crippen molar-refractivity contribution in [3.63, 3.8) is 0 Å². The average Bonchev–Trinajstić information content (AvgIpc) is 2.87. The highest BCUT2D eigenvalue weighted by Crippen LogP contribution is 2.44. The van der Waals surface area contributed by atoms with Gasteiger partial charge in [-0.15, -0.1) is 0 Å². The standard InChI is InChI=1S/C31H56NO6P/c1-5-6-7-8-9-10-11-12-13-14-16-22-36-31-20-18-19-29(26-31)25-30(24-28(2)33)27-38-39(34,35)37-23-17-15-21-32(3)4/h18-20,26,30H,5-17,21-25,27H2,1-4H3,(H,34,35). The predicted octanol–water partition coefficient (Wildman–Crippen LogP) is 7.99. The Labute approximate surface area is 238 Å². The summed E-state index contributed by atoms with van der Waals surface area (Å²) in [6, 6.07) is 7.88. The van der Waals surface area contributed by atoms with Gasteiger partial charge in [0, 0.05) is 6.42 Å². The first-order valence-electron chi connectivity index (χ1n) is 15.2. The molecule has 1 rings (SSSR count). The molecule has 0 fully saturated rings. The summed E-state index contributed by atoms with van der Waals surface area (Å²) < 4.78 is 28.7. The van der Waals surface area contributed by atoms with Crippen LogP contribution in [0.25, 0.3) is 0 Å². The molecule has 0 radical (unpaired) electrons. The summed E-state index contributed by atoms with van der Waals surface area (Å²) in [7, 11) is -0.188. The molecule has 7 nitrogen and oxygen atoms in total. The summed E-state index contributed by atoms with van der Waals surface area (Å²) in [4.78, 5) is 23.9. The van der Waals surface area contributed by atoms with Gasteiger partial charge in [-0.25, -0.2) is 4.57 Å². The van der Waals surface area contributed by atoms with Gasteiger partial charge in [-0.3, -0.25) is 9.05 Å². The number of benzene rings is 1. The second kappa shape index (κ2) is 22.4. The first-order valence-corrected chi connectivity index (χ1v) is 16.7. The van der Waals surface area contributed by atoms with Crippen molar-refractivity contribution in [3.05, 3.63) is 29.8 Å². The van der Waals surface area contributed by atoms with Crippen LogP contribution >= 0.6 is 7.82 Å². The SMILES string of the molecule is CCCCCCCCCCCCCOc1cccc(CC(COP(=O)(O)OCCCCN(C)C)CC(C)=O)c1. The minimum absolute atomic E-state index is 0.0184. The molecule has 0 spiro atoms. The van der Waals surface area contributed by atoms with Gasteiger partial charge in [0.2, 0.25) is 0 Å². The Kier molecular flexibility index (Phi) is 20.6. The summed E-state index contributed by atoms with van der Waals surface area (Å²) in [6.07, 6.45) is 16.7. The molecule has 0 bridgehead atoms. The van der Waals surface area contributed by atoms with Crippen LogP contribution in [0.5, 0.6) is 5.75 Å². The normalized spacial score (nSPS) is 13.9. The third kappa shape index (κ3) is 21.2. The van der Waals surface area contributed by atoms with Crippen LogP contribution < -0.4 is 4.74 Å². The van der Waals surface area contributed by atoms with E-state index >= 15 is 0 Å². The highest BCUT2D eigenvalue weighted by molar-refractivity contribution is 7.47. The van der Waals surface area contributed by atoms with Crippen molar-refractivity contribution >= 4 is 13.6 Å². The Hall–Kier alpha value is -1.24. The van der Waals surface area contributed by atoms with Crippen LogP contribution in [-0.4, -0.2) is 56.0 Å². The molecule has 0 amide bonds. The number of nitrogens with zero attached hydrogens (tertiary/aromatic N) is 1. The minimum Gasteiger partial charge on any atom is -0.494 e. The third-order valence-corrected chi connectivity index (χ3v) is 7.73. The van der Waals surface area contributed by atoms with Gasteiger partial charge >= 0.3 is 7.82 Å². The van der Waals surface area contributed by atoms with E-state index in [4.69, 9.17) is 13.8 Å². The van der Waals surface area contributed by atoms with Crippen molar-refractivity contribution in [1.82, 2.24) is 4.90 Å². The molecule has 0 aliphatic carbocycles. The largest absolute Gasteiger partial charge is 0.494 e. The van der Waals surface area contributed by atoms with Crippen LogP contribution in [0.3, 0.4) is 0 Å². The lowest BCUT2D eigenvalue weighted by Gasteiger charge is -2.19. The molecule has 2 unspecified atom stereocenters. The molecule has 1 aromatic carbocycles. The first-order chi connectivity index (χ1) is 18.7. The monoisotopic (exact) mass is 569 g/mol. The number of ketones is 1. The highest BCUT2D eigenvalue weighted by atomic mass is 31.2. The van der Waals surface area contributed by atoms with Crippen LogP contribution in [0.2, 0.25) is 0 Å². The molecule has 226 valence electrons. The number of phosphoric ester groups is 1. The molecular formula is C31H56NO6P. The fourth-order valence-electron chi connectivity index (χ4n) is 4.60. The zero-order chi connectivity index (χ0) is 28.8. The van der Waals surface area contributed by atoms with Crippen molar-refractivity contribution in [2.24, 2.45) is 5.92 Å². The smallest absolute Gasteiger partial charge is 0.472 e. The molecule has 0 aliphatic heterocycles. The predicted molar refractivity (Wildman–Crippen MR) is 160 cm³/mol. The second-order valence-corrected chi connectivity index (χ2v) is 12.6. The highest BCUT2D eigenvalue weighted by Gasteiger charge is 2.24. The fraction of sp³-hybridized carbons (Fsp3) is 0.774. The number of rotatable bonds is 26. The number of carbonyl (C=O) groups is 1. The van der Waals surface area contributed by atoms with Gasteiger partial charge in [-0.2, -0.15) is 0 Å². The molecule has 0 saturated heterocycles. The summed E-state index contributed by atoms with van der Waals surface area (Å²) in [5, 5.41) is 0. The summed E-state index contributed by atoms with van der Waals surface area (Å²) in [6.45, 7) is 5.52. The molecule has 0 aliphatic rings. The molecule has 1 aromatic rings. The summed E-state index contributed by atoms with van der Waals surface area (Å²) in [5.74, 6) is 0.614. The fourth-order valence-corrected chi connectivity index (χ4v) is 5.43. The molecule has 0 saturated carbocycles. The van der Waals surface area contributed by atoms with Crippen LogP contribution in [0, 0.1) is 5.92 Å². The van der Waals surface area contributed by atoms with E-state index in [2.05, 4.69) is 11.8 Å². The van der Waals surface area contributed by atoms with E-state index in [-0.39, 0.29) is 31.3 Å². The van der Waals surface area contributed by atoms with E-state index in [9.17, 15) is 14.3 Å². The zero-order valence-corrected chi connectivity index (χ0v) is 26.1. The molecule has 0 heterocycles. The molecule has 8 heteroatoms. The van der Waals surface area contributed by atoms with Gasteiger partial charge in [0.25, 0.3) is 0 Å². The average molecular weight is 570 g/mol. The van der Waals surface area contributed by atoms with Gasteiger partial charge < -0.3 is 19.3 Å².